The van der Waals surface area contributed by atoms with Gasteiger partial charge in [-0.15, -0.1) is 0 Å². The molecule has 1 aliphatic rings. The lowest BCUT2D eigenvalue weighted by Crippen LogP contribution is -2.54. The van der Waals surface area contributed by atoms with E-state index in [9.17, 15) is 27.7 Å². The molecule has 0 bridgehead atoms. The van der Waals surface area contributed by atoms with Gasteiger partial charge in [0.15, 0.2) is 5.11 Å². The number of thiocarbonyl (C=S) groups is 1. The van der Waals surface area contributed by atoms with Crippen LogP contribution in [-0.4, -0.2) is 36.2 Å². The number of hydrogen-bond acceptors (Lipinski definition) is 6. The maximum absolute atomic E-state index is 14.7. The van der Waals surface area contributed by atoms with Crippen LogP contribution in [-0.2, 0) is 15.6 Å². The Morgan fingerprint density at radius 1 is 1.25 bits per heavy atom. The minimum Gasteiger partial charge on any atom is -0.352 e. The number of nitrogens with zero attached hydrogens (tertiary/aromatic N) is 1. The molecule has 0 unspecified atom stereocenters. The number of rotatable bonds is 8. The maximum atomic E-state index is 14.7. The summed E-state index contributed by atoms with van der Waals surface area (Å²) >= 11 is 5.18. The molecule has 1 fully saturated rings. The summed E-state index contributed by atoms with van der Waals surface area (Å²) in [6.07, 6.45) is 1.39. The summed E-state index contributed by atoms with van der Waals surface area (Å²) in [6.45, 7) is 1.35. The van der Waals surface area contributed by atoms with Gasteiger partial charge in [0.1, 0.15) is 5.82 Å². The first kappa shape index (κ1) is 23.7. The number of nitrogens with one attached hydrogen (secondary N) is 3. The number of non-ortho nitro benzene ring substituents is 1. The van der Waals surface area contributed by atoms with E-state index in [1.54, 1.807) is 30.3 Å². The van der Waals surface area contributed by atoms with Crippen LogP contribution in [0.3, 0.4) is 0 Å². The van der Waals surface area contributed by atoms with Crippen LogP contribution in [0.15, 0.2) is 48.5 Å². The summed E-state index contributed by atoms with van der Waals surface area (Å²) in [4.78, 5) is 22.9. The summed E-state index contributed by atoms with van der Waals surface area (Å²) in [5.41, 5.74) is -2.11. The highest BCUT2D eigenvalue weighted by Gasteiger charge is 2.39. The summed E-state index contributed by atoms with van der Waals surface area (Å²) in [5.74, 6) is -2.08. The Labute approximate surface area is 189 Å². The second-order valence-corrected chi connectivity index (χ2v) is 9.84. The van der Waals surface area contributed by atoms with Crippen molar-refractivity contribution < 1.29 is 22.5 Å². The van der Waals surface area contributed by atoms with Gasteiger partial charge in [0, 0.05) is 29.3 Å². The minimum absolute atomic E-state index is 0.191. The Kier molecular flexibility index (Phi) is 6.86. The number of nitro benzene ring substituents is 1. The third-order valence-electron chi connectivity index (χ3n) is 4.81. The van der Waals surface area contributed by atoms with Gasteiger partial charge in [-0.2, -0.15) is 0 Å². The fourth-order valence-corrected chi connectivity index (χ4v) is 5.29. The van der Waals surface area contributed by atoms with Gasteiger partial charge in [0.05, 0.1) is 16.2 Å². The molecule has 0 radical (unpaired) electrons. The molecule has 3 rings (SSSR count). The maximum Gasteiger partial charge on any atom is 0.269 e. The van der Waals surface area contributed by atoms with Crippen LogP contribution in [0.5, 0.6) is 0 Å². The number of nitro groups is 1. The molecule has 2 aromatic rings. The van der Waals surface area contributed by atoms with Crippen molar-refractivity contribution in [3.05, 3.63) is 75.6 Å². The topological polar surface area (TPSA) is 130 Å². The number of carbonyl (C=O) groups is 1. The number of carbonyl (C=O) groups excluding carboxylic acids is 1. The quantitative estimate of drug-likeness (QED) is 0.300. The molecule has 0 heterocycles. The van der Waals surface area contributed by atoms with Gasteiger partial charge in [-0.1, -0.05) is 18.2 Å². The highest BCUT2D eigenvalue weighted by atomic mass is 32.2. The van der Waals surface area contributed by atoms with Crippen molar-refractivity contribution in [3.8, 4) is 0 Å². The Morgan fingerprint density at radius 2 is 1.91 bits per heavy atom. The smallest absolute Gasteiger partial charge is 0.269 e. The predicted molar refractivity (Wildman–Crippen MR) is 120 cm³/mol. The monoisotopic (exact) mass is 480 g/mol. The lowest BCUT2D eigenvalue weighted by molar-refractivity contribution is -0.385. The number of hydrogen-bond donors (Lipinski definition) is 3. The SMILES string of the molecule is C[C@@](CS(=O)(=O)NC1CC1)(NC(=S)NC(=O)c1ccccc1)c1cc([N+](=O)[O-])ccc1F. The van der Waals surface area contributed by atoms with Crippen molar-refractivity contribution in [2.75, 3.05) is 5.75 Å². The third kappa shape index (κ3) is 6.05. The van der Waals surface area contributed by atoms with Crippen molar-refractivity contribution in [2.45, 2.75) is 31.3 Å². The Hall–Kier alpha value is -2.96. The summed E-state index contributed by atoms with van der Waals surface area (Å²) in [7, 11) is -3.92. The Balaban J connectivity index is 1.91. The second kappa shape index (κ2) is 9.27. The fraction of sp³-hybridized carbons (Fsp3) is 0.300. The van der Waals surface area contributed by atoms with Crippen LogP contribution in [0.4, 0.5) is 10.1 Å². The van der Waals surface area contributed by atoms with Crippen LogP contribution in [0.1, 0.15) is 35.7 Å². The molecule has 1 atom stereocenters. The van der Waals surface area contributed by atoms with Gasteiger partial charge >= 0.3 is 0 Å². The molecule has 9 nitrogen and oxygen atoms in total. The van der Waals surface area contributed by atoms with E-state index in [4.69, 9.17) is 12.2 Å². The van der Waals surface area contributed by atoms with Crippen LogP contribution in [0, 0.1) is 15.9 Å². The summed E-state index contributed by atoms with van der Waals surface area (Å²) in [6, 6.07) is 10.8. The normalized spacial score (nSPS) is 15.4. The van der Waals surface area contributed by atoms with Crippen molar-refractivity contribution in [1.82, 2.24) is 15.4 Å². The van der Waals surface area contributed by atoms with Gasteiger partial charge in [-0.3, -0.25) is 20.2 Å². The van der Waals surface area contributed by atoms with E-state index in [1.807, 2.05) is 0 Å². The molecule has 1 aliphatic carbocycles. The largest absolute Gasteiger partial charge is 0.352 e. The van der Waals surface area contributed by atoms with E-state index in [-0.39, 0.29) is 16.7 Å². The molecule has 2 aromatic carbocycles. The summed E-state index contributed by atoms with van der Waals surface area (Å²) < 4.78 is 42.6. The number of sulfonamides is 1. The van der Waals surface area contributed by atoms with Crippen molar-refractivity contribution >= 4 is 38.9 Å². The first-order valence-corrected chi connectivity index (χ1v) is 11.7. The molecule has 0 spiro atoms. The van der Waals surface area contributed by atoms with Crippen LogP contribution >= 0.6 is 12.2 Å². The molecule has 0 aromatic heterocycles. The molecular formula is C20H21FN4O5S2. The summed E-state index contributed by atoms with van der Waals surface area (Å²) in [5, 5.41) is 16.1. The fourth-order valence-electron chi connectivity index (χ4n) is 3.15. The zero-order valence-electron chi connectivity index (χ0n) is 17.0. The van der Waals surface area contributed by atoms with Gasteiger partial charge in [-0.05, 0) is 50.2 Å². The molecule has 170 valence electrons. The molecule has 12 heteroatoms. The zero-order valence-corrected chi connectivity index (χ0v) is 18.6. The Morgan fingerprint density at radius 3 is 2.50 bits per heavy atom. The lowest BCUT2D eigenvalue weighted by Gasteiger charge is -2.32. The molecule has 0 aliphatic heterocycles. The highest BCUT2D eigenvalue weighted by Crippen LogP contribution is 2.30. The number of amides is 1. The van der Waals surface area contributed by atoms with E-state index in [1.165, 1.54) is 6.92 Å². The molecule has 1 amide bonds. The van der Waals surface area contributed by atoms with Crippen LogP contribution in [0.25, 0.3) is 0 Å². The van der Waals surface area contributed by atoms with E-state index in [2.05, 4.69) is 15.4 Å². The second-order valence-electron chi connectivity index (χ2n) is 7.68. The molecular weight excluding hydrogens is 459 g/mol. The number of halogens is 1. The average molecular weight is 481 g/mol. The first-order valence-electron chi connectivity index (χ1n) is 9.62. The van der Waals surface area contributed by atoms with Crippen molar-refractivity contribution in [1.29, 1.82) is 0 Å². The molecule has 1 saturated carbocycles. The third-order valence-corrected chi connectivity index (χ3v) is 6.66. The average Bonchev–Trinajstić information content (AvgIpc) is 3.51. The zero-order chi connectivity index (χ0) is 23.5. The van der Waals surface area contributed by atoms with Crippen LogP contribution in [0.2, 0.25) is 0 Å². The van der Waals surface area contributed by atoms with Crippen LogP contribution < -0.4 is 15.4 Å². The van der Waals surface area contributed by atoms with Crippen molar-refractivity contribution in [2.24, 2.45) is 0 Å². The Bertz CT molecular complexity index is 1160. The van der Waals surface area contributed by atoms with E-state index in [0.29, 0.717) is 18.4 Å². The van der Waals surface area contributed by atoms with Gasteiger partial charge < -0.3 is 5.32 Å². The minimum atomic E-state index is -3.92. The molecule has 0 saturated heterocycles. The first-order chi connectivity index (χ1) is 15.0. The van der Waals surface area contributed by atoms with Gasteiger partial charge in [-0.25, -0.2) is 17.5 Å². The standard InChI is InChI=1S/C20H21FN4O5S2/c1-20(12-32(29,30)24-14-7-8-14,16-11-15(25(27)28)9-10-17(16)21)23-19(31)22-18(26)13-5-3-2-4-6-13/h2-6,9-11,14,24H,7-8,12H2,1H3,(H2,22,23,26,31)/t20-/m0/s1. The van der Waals surface area contributed by atoms with E-state index >= 15 is 0 Å². The number of benzene rings is 2. The highest BCUT2D eigenvalue weighted by molar-refractivity contribution is 7.89. The lowest BCUT2D eigenvalue weighted by atomic mass is 9.93. The van der Waals surface area contributed by atoms with Crippen molar-refractivity contribution in [3.63, 3.8) is 0 Å². The van der Waals surface area contributed by atoms with E-state index in [0.717, 1.165) is 18.2 Å². The van der Waals surface area contributed by atoms with E-state index < -0.39 is 43.7 Å². The van der Waals surface area contributed by atoms with Gasteiger partial charge in [0.25, 0.3) is 11.6 Å². The predicted octanol–water partition coefficient (Wildman–Crippen LogP) is 2.34. The molecule has 32 heavy (non-hydrogen) atoms. The van der Waals surface area contributed by atoms with Gasteiger partial charge in [0.2, 0.25) is 10.0 Å². The molecule has 3 N–H and O–H groups in total.